The summed E-state index contributed by atoms with van der Waals surface area (Å²) in [4.78, 5) is 2.28. The van der Waals surface area contributed by atoms with E-state index in [-0.39, 0.29) is 0 Å². The van der Waals surface area contributed by atoms with E-state index in [0.29, 0.717) is 6.04 Å². The highest BCUT2D eigenvalue weighted by Gasteiger charge is 2.17. The molecule has 0 fully saturated rings. The molecule has 0 saturated heterocycles. The zero-order valence-electron chi connectivity index (χ0n) is 8.16. The molecule has 1 heterocycles. The van der Waals surface area contributed by atoms with Crippen LogP contribution in [-0.2, 0) is 0 Å². The average molecular weight is 177 g/mol. The topological polar surface area (TPSA) is 12.5 Å². The largest absolute Gasteiger partial charge is 0.491 e. The third kappa shape index (κ3) is 1.48. The van der Waals surface area contributed by atoms with E-state index < -0.39 is 0 Å². The standard InChI is InChI=1S/C11H15NO/c1-9-7-8-13-11-6-4-3-5-10(11)12(9)2/h3-6,9H,7-8H2,1-2H3. The van der Waals surface area contributed by atoms with Crippen molar-refractivity contribution in [3.8, 4) is 5.75 Å². The zero-order chi connectivity index (χ0) is 9.26. The fraction of sp³-hybridized carbons (Fsp3) is 0.455. The molecule has 1 aromatic rings. The van der Waals surface area contributed by atoms with Crippen LogP contribution in [0.25, 0.3) is 0 Å². The predicted molar refractivity (Wildman–Crippen MR) is 54.4 cm³/mol. The van der Waals surface area contributed by atoms with Gasteiger partial charge in [-0.25, -0.2) is 0 Å². The van der Waals surface area contributed by atoms with Crippen molar-refractivity contribution in [3.05, 3.63) is 24.3 Å². The van der Waals surface area contributed by atoms with Gasteiger partial charge >= 0.3 is 0 Å². The Balaban J connectivity index is 2.40. The normalized spacial score (nSPS) is 21.7. The van der Waals surface area contributed by atoms with E-state index in [1.54, 1.807) is 0 Å². The van der Waals surface area contributed by atoms with Crippen molar-refractivity contribution in [2.45, 2.75) is 19.4 Å². The number of nitrogens with zero attached hydrogens (tertiary/aromatic N) is 1. The Kier molecular flexibility index (Phi) is 2.13. The first-order valence-electron chi connectivity index (χ1n) is 4.73. The second kappa shape index (κ2) is 3.29. The van der Waals surface area contributed by atoms with Crippen molar-refractivity contribution < 1.29 is 4.74 Å². The Labute approximate surface area is 79.1 Å². The van der Waals surface area contributed by atoms with Gasteiger partial charge in [0, 0.05) is 19.5 Å². The number of rotatable bonds is 0. The molecule has 2 heteroatoms. The maximum Gasteiger partial charge on any atom is 0.142 e. The van der Waals surface area contributed by atoms with Crippen LogP contribution in [0.4, 0.5) is 5.69 Å². The SMILES string of the molecule is CC1CCOc2ccccc2N1C. The first kappa shape index (κ1) is 8.42. The molecule has 1 unspecified atom stereocenters. The van der Waals surface area contributed by atoms with Crippen LogP contribution >= 0.6 is 0 Å². The number of hydrogen-bond acceptors (Lipinski definition) is 2. The van der Waals surface area contributed by atoms with Crippen molar-refractivity contribution in [1.82, 2.24) is 0 Å². The Morgan fingerprint density at radius 1 is 1.38 bits per heavy atom. The molecular weight excluding hydrogens is 162 g/mol. The molecule has 0 saturated carbocycles. The van der Waals surface area contributed by atoms with E-state index in [0.717, 1.165) is 18.8 Å². The Hall–Kier alpha value is -1.18. The van der Waals surface area contributed by atoms with E-state index in [2.05, 4.69) is 31.0 Å². The van der Waals surface area contributed by atoms with Crippen LogP contribution in [0.2, 0.25) is 0 Å². The highest BCUT2D eigenvalue weighted by molar-refractivity contribution is 5.58. The number of benzene rings is 1. The van der Waals surface area contributed by atoms with Gasteiger partial charge in [0.2, 0.25) is 0 Å². The average Bonchev–Trinajstić information content (AvgIpc) is 2.29. The minimum absolute atomic E-state index is 0.559. The third-order valence-electron chi connectivity index (χ3n) is 2.70. The smallest absolute Gasteiger partial charge is 0.142 e. The molecule has 0 radical (unpaired) electrons. The van der Waals surface area contributed by atoms with Crippen molar-refractivity contribution in [2.75, 3.05) is 18.6 Å². The number of ether oxygens (including phenoxy) is 1. The zero-order valence-corrected chi connectivity index (χ0v) is 8.16. The van der Waals surface area contributed by atoms with Crippen molar-refractivity contribution in [3.63, 3.8) is 0 Å². The van der Waals surface area contributed by atoms with Crippen LogP contribution in [-0.4, -0.2) is 19.7 Å². The maximum absolute atomic E-state index is 5.65. The van der Waals surface area contributed by atoms with Crippen LogP contribution in [0.3, 0.4) is 0 Å². The second-order valence-electron chi connectivity index (χ2n) is 3.56. The number of para-hydroxylation sites is 2. The van der Waals surface area contributed by atoms with Crippen LogP contribution in [0.1, 0.15) is 13.3 Å². The van der Waals surface area contributed by atoms with Crippen LogP contribution in [0.15, 0.2) is 24.3 Å². The highest BCUT2D eigenvalue weighted by Crippen LogP contribution is 2.31. The first-order valence-corrected chi connectivity index (χ1v) is 4.73. The lowest BCUT2D eigenvalue weighted by Gasteiger charge is -2.24. The second-order valence-corrected chi connectivity index (χ2v) is 3.56. The monoisotopic (exact) mass is 177 g/mol. The Morgan fingerprint density at radius 2 is 2.15 bits per heavy atom. The Morgan fingerprint density at radius 3 is 3.00 bits per heavy atom. The van der Waals surface area contributed by atoms with Gasteiger partial charge in [-0.15, -0.1) is 0 Å². The van der Waals surface area contributed by atoms with Gasteiger partial charge < -0.3 is 9.64 Å². The van der Waals surface area contributed by atoms with Gasteiger partial charge in [-0.3, -0.25) is 0 Å². The number of hydrogen-bond donors (Lipinski definition) is 0. The summed E-state index contributed by atoms with van der Waals surface area (Å²) in [6.07, 6.45) is 1.09. The lowest BCUT2D eigenvalue weighted by atomic mass is 10.2. The van der Waals surface area contributed by atoms with Crippen molar-refractivity contribution in [2.24, 2.45) is 0 Å². The molecule has 1 aliphatic rings. The van der Waals surface area contributed by atoms with E-state index in [4.69, 9.17) is 4.74 Å². The van der Waals surface area contributed by atoms with E-state index >= 15 is 0 Å². The molecule has 0 N–H and O–H groups in total. The third-order valence-corrected chi connectivity index (χ3v) is 2.70. The minimum Gasteiger partial charge on any atom is -0.491 e. The van der Waals surface area contributed by atoms with Crippen LogP contribution in [0.5, 0.6) is 5.75 Å². The molecule has 2 rings (SSSR count). The molecule has 1 aromatic carbocycles. The molecule has 1 aliphatic heterocycles. The van der Waals surface area contributed by atoms with Crippen molar-refractivity contribution >= 4 is 5.69 Å². The molecule has 0 amide bonds. The summed E-state index contributed by atoms with van der Waals surface area (Å²) in [6, 6.07) is 8.77. The van der Waals surface area contributed by atoms with Gasteiger partial charge in [0.1, 0.15) is 5.75 Å². The number of fused-ring (bicyclic) bond motifs is 1. The summed E-state index contributed by atoms with van der Waals surface area (Å²) in [6.45, 7) is 3.05. The maximum atomic E-state index is 5.65. The summed E-state index contributed by atoms with van der Waals surface area (Å²) in [5.74, 6) is 1.01. The van der Waals surface area contributed by atoms with E-state index in [1.165, 1.54) is 5.69 Å². The minimum atomic E-state index is 0.559. The molecule has 0 aliphatic carbocycles. The van der Waals surface area contributed by atoms with Gasteiger partial charge in [0.25, 0.3) is 0 Å². The number of anilines is 1. The van der Waals surface area contributed by atoms with Crippen molar-refractivity contribution in [1.29, 1.82) is 0 Å². The molecule has 13 heavy (non-hydrogen) atoms. The first-order chi connectivity index (χ1) is 6.29. The van der Waals surface area contributed by atoms with E-state index in [9.17, 15) is 0 Å². The summed E-state index contributed by atoms with van der Waals surface area (Å²) in [5, 5.41) is 0. The molecule has 0 bridgehead atoms. The van der Waals surface area contributed by atoms with Gasteiger partial charge in [0.15, 0.2) is 0 Å². The molecule has 0 aromatic heterocycles. The molecule has 2 nitrogen and oxygen atoms in total. The molecule has 0 spiro atoms. The molecule has 1 atom stereocenters. The van der Waals surface area contributed by atoms with E-state index in [1.807, 2.05) is 12.1 Å². The summed E-state index contributed by atoms with van der Waals surface area (Å²) < 4.78 is 5.65. The predicted octanol–water partition coefficient (Wildman–Crippen LogP) is 2.29. The Bertz CT molecular complexity index is 298. The lowest BCUT2D eigenvalue weighted by molar-refractivity contribution is 0.312. The molecule has 70 valence electrons. The van der Waals surface area contributed by atoms with Gasteiger partial charge in [-0.1, -0.05) is 12.1 Å². The van der Waals surface area contributed by atoms with Gasteiger partial charge in [0.05, 0.1) is 12.3 Å². The summed E-state index contributed by atoms with van der Waals surface area (Å²) in [7, 11) is 2.12. The van der Waals surface area contributed by atoms with Crippen LogP contribution < -0.4 is 9.64 Å². The fourth-order valence-electron chi connectivity index (χ4n) is 1.64. The van der Waals surface area contributed by atoms with Gasteiger partial charge in [-0.05, 0) is 19.1 Å². The van der Waals surface area contributed by atoms with Gasteiger partial charge in [-0.2, -0.15) is 0 Å². The fourth-order valence-corrected chi connectivity index (χ4v) is 1.64. The quantitative estimate of drug-likeness (QED) is 0.603. The summed E-state index contributed by atoms with van der Waals surface area (Å²) in [5.41, 5.74) is 1.20. The highest BCUT2D eigenvalue weighted by atomic mass is 16.5. The molecular formula is C11H15NO. The van der Waals surface area contributed by atoms with Crippen LogP contribution in [0, 0.1) is 0 Å². The lowest BCUT2D eigenvalue weighted by Crippen LogP contribution is -2.27. The summed E-state index contributed by atoms with van der Waals surface area (Å²) >= 11 is 0.